The zero-order chi connectivity index (χ0) is 12.4. The maximum atomic E-state index is 11.4. The first kappa shape index (κ1) is 11.6. The van der Waals surface area contributed by atoms with Gasteiger partial charge in [0.15, 0.2) is 0 Å². The number of hydrogen-bond acceptors (Lipinski definition) is 4. The normalized spacial score (nSPS) is 17.2. The lowest BCUT2D eigenvalue weighted by Gasteiger charge is -2.15. The highest BCUT2D eigenvalue weighted by molar-refractivity contribution is 5.92. The van der Waals surface area contributed by atoms with E-state index < -0.39 is 12.0 Å². The Labute approximate surface area is 97.5 Å². The lowest BCUT2D eigenvalue weighted by molar-refractivity contribution is -0.138. The van der Waals surface area contributed by atoms with Crippen molar-refractivity contribution < 1.29 is 19.5 Å². The summed E-state index contributed by atoms with van der Waals surface area (Å²) < 4.78 is 0. The van der Waals surface area contributed by atoms with Crippen LogP contribution in [0.15, 0.2) is 24.3 Å². The lowest BCUT2D eigenvalue weighted by atomic mass is 10.1. The van der Waals surface area contributed by atoms with Gasteiger partial charge >= 0.3 is 5.97 Å². The van der Waals surface area contributed by atoms with Crippen molar-refractivity contribution in [3.8, 4) is 0 Å². The largest absolute Gasteiger partial charge is 0.480 e. The fourth-order valence-corrected chi connectivity index (χ4v) is 1.58. The Balaban J connectivity index is 2.18. The van der Waals surface area contributed by atoms with E-state index in [1.807, 2.05) is 0 Å². The summed E-state index contributed by atoms with van der Waals surface area (Å²) in [5, 5.41) is 9.95. The van der Waals surface area contributed by atoms with E-state index in [1.54, 1.807) is 24.3 Å². The van der Waals surface area contributed by atoms with E-state index in [4.69, 9.17) is 15.7 Å². The Morgan fingerprint density at radius 2 is 2.06 bits per heavy atom. The van der Waals surface area contributed by atoms with Crippen LogP contribution in [0.5, 0.6) is 0 Å². The van der Waals surface area contributed by atoms with E-state index >= 15 is 0 Å². The summed E-state index contributed by atoms with van der Waals surface area (Å²) in [4.78, 5) is 27.2. The molecule has 3 N–H and O–H groups in total. The number of benzene rings is 1. The maximum Gasteiger partial charge on any atom is 0.325 e. The number of amides is 1. The van der Waals surface area contributed by atoms with Crippen molar-refractivity contribution >= 4 is 17.6 Å². The van der Waals surface area contributed by atoms with Crippen LogP contribution in [0.25, 0.3) is 0 Å². The molecule has 1 amide bonds. The molecule has 6 nitrogen and oxygen atoms in total. The van der Waals surface area contributed by atoms with Crippen molar-refractivity contribution in [2.45, 2.75) is 12.5 Å². The number of nitrogens with two attached hydrogens (primary N) is 1. The number of anilines is 1. The molecule has 1 atom stereocenters. The standard InChI is InChI=1S/C11H12N2O4/c12-10(11(15)16)7-1-3-8(4-2-7)13-9(14)5-6-17-13/h1-4,10H,5-6,12H2,(H,15,16). The van der Waals surface area contributed by atoms with Crippen molar-refractivity contribution in [1.29, 1.82) is 0 Å². The first-order chi connectivity index (χ1) is 8.09. The van der Waals surface area contributed by atoms with E-state index in [1.165, 1.54) is 5.06 Å². The first-order valence-corrected chi connectivity index (χ1v) is 5.14. The fourth-order valence-electron chi connectivity index (χ4n) is 1.58. The van der Waals surface area contributed by atoms with Crippen LogP contribution in [0.1, 0.15) is 18.0 Å². The highest BCUT2D eigenvalue weighted by Gasteiger charge is 2.23. The molecule has 1 fully saturated rings. The molecule has 0 radical (unpaired) electrons. The van der Waals surface area contributed by atoms with E-state index in [2.05, 4.69) is 0 Å². The number of hydrogen-bond donors (Lipinski definition) is 2. The number of carboxylic acids is 1. The summed E-state index contributed by atoms with van der Waals surface area (Å²) in [7, 11) is 0. The van der Waals surface area contributed by atoms with Crippen LogP contribution in [0.4, 0.5) is 5.69 Å². The van der Waals surface area contributed by atoms with E-state index in [-0.39, 0.29) is 5.91 Å². The summed E-state index contributed by atoms with van der Waals surface area (Å²) >= 11 is 0. The molecule has 0 aliphatic carbocycles. The topological polar surface area (TPSA) is 92.9 Å². The maximum absolute atomic E-state index is 11.4. The SMILES string of the molecule is NC(C(=O)O)c1ccc(N2OCCC2=O)cc1. The minimum Gasteiger partial charge on any atom is -0.480 e. The van der Waals surface area contributed by atoms with Gasteiger partial charge in [0, 0.05) is 0 Å². The van der Waals surface area contributed by atoms with Gasteiger partial charge in [-0.1, -0.05) is 12.1 Å². The molecule has 1 saturated heterocycles. The zero-order valence-corrected chi connectivity index (χ0v) is 9.00. The Morgan fingerprint density at radius 3 is 2.53 bits per heavy atom. The summed E-state index contributed by atoms with van der Waals surface area (Å²) in [6.07, 6.45) is 0.358. The third kappa shape index (κ3) is 2.27. The van der Waals surface area contributed by atoms with Crippen LogP contribution >= 0.6 is 0 Å². The molecule has 0 saturated carbocycles. The predicted molar refractivity (Wildman–Crippen MR) is 59.1 cm³/mol. The van der Waals surface area contributed by atoms with Crippen LogP contribution in [0.2, 0.25) is 0 Å². The average Bonchev–Trinajstić information content (AvgIpc) is 2.74. The second-order valence-corrected chi connectivity index (χ2v) is 3.68. The number of carboxylic acid groups (broad SMARTS) is 1. The van der Waals surface area contributed by atoms with Gasteiger partial charge in [0.2, 0.25) is 0 Å². The average molecular weight is 236 g/mol. The monoisotopic (exact) mass is 236 g/mol. The van der Waals surface area contributed by atoms with Crippen LogP contribution < -0.4 is 10.8 Å². The molecule has 0 spiro atoms. The van der Waals surface area contributed by atoms with E-state index in [9.17, 15) is 9.59 Å². The predicted octanol–water partition coefficient (Wildman–Crippen LogP) is 0.439. The van der Waals surface area contributed by atoms with Gasteiger partial charge in [-0.2, -0.15) is 5.06 Å². The van der Waals surface area contributed by atoms with Gasteiger partial charge in [-0.15, -0.1) is 0 Å². The molecule has 1 aliphatic rings. The van der Waals surface area contributed by atoms with Crippen LogP contribution in [-0.4, -0.2) is 23.6 Å². The molecule has 90 valence electrons. The van der Waals surface area contributed by atoms with Crippen molar-refractivity contribution in [3.05, 3.63) is 29.8 Å². The van der Waals surface area contributed by atoms with Crippen LogP contribution in [0.3, 0.4) is 0 Å². The number of hydroxylamine groups is 1. The van der Waals surface area contributed by atoms with Gasteiger partial charge in [0.05, 0.1) is 18.7 Å². The summed E-state index contributed by atoms with van der Waals surface area (Å²) in [5.74, 6) is -1.20. The van der Waals surface area contributed by atoms with E-state index in [0.717, 1.165) is 0 Å². The molecule has 2 rings (SSSR count). The Morgan fingerprint density at radius 1 is 1.41 bits per heavy atom. The van der Waals surface area contributed by atoms with Crippen molar-refractivity contribution in [2.75, 3.05) is 11.7 Å². The highest BCUT2D eigenvalue weighted by Crippen LogP contribution is 2.22. The molecule has 0 bridgehead atoms. The molecule has 0 aromatic heterocycles. The smallest absolute Gasteiger partial charge is 0.325 e. The van der Waals surface area contributed by atoms with E-state index in [0.29, 0.717) is 24.3 Å². The van der Waals surface area contributed by atoms with Gasteiger partial charge in [-0.25, -0.2) is 0 Å². The minimum absolute atomic E-state index is 0.111. The highest BCUT2D eigenvalue weighted by atomic mass is 16.7. The van der Waals surface area contributed by atoms with Gasteiger partial charge in [0.25, 0.3) is 5.91 Å². The number of nitrogens with zero attached hydrogens (tertiary/aromatic N) is 1. The molecule has 1 unspecified atom stereocenters. The Hall–Kier alpha value is -1.92. The lowest BCUT2D eigenvalue weighted by Crippen LogP contribution is -2.23. The number of carbonyl (C=O) groups is 2. The fraction of sp³-hybridized carbons (Fsp3) is 0.273. The van der Waals surface area contributed by atoms with Crippen molar-refractivity contribution in [3.63, 3.8) is 0 Å². The van der Waals surface area contributed by atoms with Crippen LogP contribution in [0, 0.1) is 0 Å². The molecule has 1 aromatic carbocycles. The summed E-state index contributed by atoms with van der Waals surface area (Å²) in [6.45, 7) is 0.370. The molecule has 1 aliphatic heterocycles. The number of aliphatic carboxylic acids is 1. The number of carbonyl (C=O) groups excluding carboxylic acids is 1. The van der Waals surface area contributed by atoms with Crippen LogP contribution in [-0.2, 0) is 14.4 Å². The Bertz CT molecular complexity index is 443. The third-order valence-corrected chi connectivity index (χ3v) is 2.52. The molecular weight excluding hydrogens is 224 g/mol. The quantitative estimate of drug-likeness (QED) is 0.794. The van der Waals surface area contributed by atoms with Crippen molar-refractivity contribution in [1.82, 2.24) is 0 Å². The van der Waals surface area contributed by atoms with Gasteiger partial charge < -0.3 is 10.8 Å². The molecule has 1 aromatic rings. The summed E-state index contributed by atoms with van der Waals surface area (Å²) in [6, 6.07) is 5.31. The first-order valence-electron chi connectivity index (χ1n) is 5.14. The second-order valence-electron chi connectivity index (χ2n) is 3.68. The third-order valence-electron chi connectivity index (χ3n) is 2.52. The van der Waals surface area contributed by atoms with Gasteiger partial charge in [-0.05, 0) is 17.7 Å². The molecule has 6 heteroatoms. The molecule has 1 heterocycles. The number of rotatable bonds is 3. The minimum atomic E-state index is -1.09. The molecule has 17 heavy (non-hydrogen) atoms. The van der Waals surface area contributed by atoms with Crippen molar-refractivity contribution in [2.24, 2.45) is 5.73 Å². The molecular formula is C11H12N2O4. The Kier molecular flexibility index (Phi) is 3.08. The zero-order valence-electron chi connectivity index (χ0n) is 9.00. The van der Waals surface area contributed by atoms with Gasteiger partial charge in [0.1, 0.15) is 6.04 Å². The van der Waals surface area contributed by atoms with Gasteiger partial charge in [-0.3, -0.25) is 14.4 Å². The summed E-state index contributed by atoms with van der Waals surface area (Å²) in [5.41, 5.74) is 6.51. The second kappa shape index (κ2) is 4.52.